The molecule has 3 amide bonds. The number of methoxy groups -OCH3 is 1. The van der Waals surface area contributed by atoms with E-state index < -0.39 is 17.3 Å². The zero-order valence-electron chi connectivity index (χ0n) is 32.9. The van der Waals surface area contributed by atoms with Gasteiger partial charge in [0.1, 0.15) is 17.0 Å². The van der Waals surface area contributed by atoms with Crippen LogP contribution in [0.15, 0.2) is 144 Å². The van der Waals surface area contributed by atoms with Crippen LogP contribution in [0.3, 0.4) is 0 Å². The third kappa shape index (κ3) is 9.20. The summed E-state index contributed by atoms with van der Waals surface area (Å²) < 4.78 is 19.5. The van der Waals surface area contributed by atoms with E-state index in [-0.39, 0.29) is 30.1 Å². The Hall–Kier alpha value is -5.16. The van der Waals surface area contributed by atoms with Crippen LogP contribution in [-0.2, 0) is 15.1 Å². The van der Waals surface area contributed by atoms with Crippen LogP contribution in [0.2, 0.25) is 0 Å². The van der Waals surface area contributed by atoms with Crippen LogP contribution in [0.1, 0.15) is 55.4 Å². The molecule has 0 spiro atoms. The number of urea groups is 1. The molecule has 57 heavy (non-hydrogen) atoms. The molecule has 4 atom stereocenters. The number of halogens is 1. The van der Waals surface area contributed by atoms with Crippen molar-refractivity contribution in [1.82, 2.24) is 15.1 Å². The van der Waals surface area contributed by atoms with Gasteiger partial charge in [-0.3, -0.25) is 4.90 Å². The molecule has 0 radical (unpaired) electrons. The van der Waals surface area contributed by atoms with Crippen molar-refractivity contribution in [2.75, 3.05) is 38.7 Å². The number of fused-ring (bicyclic) bond motifs is 1. The van der Waals surface area contributed by atoms with Crippen molar-refractivity contribution in [2.45, 2.75) is 62.4 Å². The lowest BCUT2D eigenvalue weighted by Crippen LogP contribution is -2.71. The number of benzene rings is 5. The number of alkyl carbamates (subject to hydrolysis) is 1. The minimum Gasteiger partial charge on any atom is -0.497 e. The minimum atomic E-state index is -0.916. The number of hydrogen-bond donors (Lipinski definition) is 2. The van der Waals surface area contributed by atoms with Gasteiger partial charge >= 0.3 is 12.1 Å². The number of hydrogen-bond acceptors (Lipinski definition) is 6. The smallest absolute Gasteiger partial charge is 0.407 e. The lowest BCUT2D eigenvalue weighted by atomic mass is 9.73. The standard InChI is InChI=1S/C47H51BrN4O5/c1-46(2,3)57-45(54)50-39-28-29-51(44(53)49-38-24-26-40(55-4)27-25-38)31-41-43(33-20-22-37(48)23-21-33)42(52(41)30-39)32-56-47(34-14-8-5-9-15-34,35-16-10-6-11-17-35)36-18-12-7-13-19-36/h5-27,39,41-43H,28-32H2,1-4H3,(H,49,53)(H,50,54)/t39-,41+,42-,43-/m1/s1. The Kier molecular flexibility index (Phi) is 12.3. The Morgan fingerprint density at radius 1 is 0.754 bits per heavy atom. The second-order valence-electron chi connectivity index (χ2n) is 15.7. The minimum absolute atomic E-state index is 0.00897. The lowest BCUT2D eigenvalue weighted by Gasteiger charge is -2.58. The molecular formula is C47H51BrN4O5. The third-order valence-corrected chi connectivity index (χ3v) is 11.4. The van der Waals surface area contributed by atoms with Gasteiger partial charge in [-0.1, -0.05) is 119 Å². The Morgan fingerprint density at radius 3 is 1.84 bits per heavy atom. The average molecular weight is 832 g/mol. The van der Waals surface area contributed by atoms with E-state index in [1.807, 2.05) is 68.1 Å². The van der Waals surface area contributed by atoms with Gasteiger partial charge in [0.05, 0.1) is 13.7 Å². The number of amides is 3. The quantitative estimate of drug-likeness (QED) is 0.136. The number of carbonyl (C=O) groups excluding carboxylic acids is 2. The van der Waals surface area contributed by atoms with Gasteiger partial charge in [0, 0.05) is 53.8 Å². The van der Waals surface area contributed by atoms with Gasteiger partial charge in [-0.2, -0.15) is 0 Å². The zero-order chi connectivity index (χ0) is 40.0. The summed E-state index contributed by atoms with van der Waals surface area (Å²) in [5, 5.41) is 6.26. The molecule has 0 unspecified atom stereocenters. The van der Waals surface area contributed by atoms with Gasteiger partial charge in [-0.15, -0.1) is 0 Å². The summed E-state index contributed by atoms with van der Waals surface area (Å²) in [5.41, 5.74) is 3.33. The monoisotopic (exact) mass is 830 g/mol. The van der Waals surface area contributed by atoms with Crippen molar-refractivity contribution in [3.63, 3.8) is 0 Å². The Morgan fingerprint density at radius 2 is 1.32 bits per heavy atom. The molecule has 2 aliphatic heterocycles. The van der Waals surface area contributed by atoms with Crippen LogP contribution in [0.25, 0.3) is 0 Å². The maximum atomic E-state index is 14.1. The Bertz CT molecular complexity index is 1980. The Balaban J connectivity index is 1.26. The van der Waals surface area contributed by atoms with Crippen LogP contribution in [-0.4, -0.2) is 79.0 Å². The molecule has 2 heterocycles. The number of rotatable bonds is 10. The second-order valence-corrected chi connectivity index (χ2v) is 16.7. The van der Waals surface area contributed by atoms with Crippen molar-refractivity contribution in [3.05, 3.63) is 166 Å². The summed E-state index contributed by atoms with van der Waals surface area (Å²) in [6.45, 7) is 7.43. The van der Waals surface area contributed by atoms with Crippen LogP contribution in [0.4, 0.5) is 15.3 Å². The van der Waals surface area contributed by atoms with E-state index in [4.69, 9.17) is 14.2 Å². The van der Waals surface area contributed by atoms with E-state index in [0.29, 0.717) is 44.1 Å². The third-order valence-electron chi connectivity index (χ3n) is 10.9. The molecule has 0 bridgehead atoms. The first-order valence-corrected chi connectivity index (χ1v) is 20.3. The number of carbonyl (C=O) groups is 2. The van der Waals surface area contributed by atoms with Gasteiger partial charge in [0.25, 0.3) is 0 Å². The normalized spacial score (nSPS) is 19.9. The van der Waals surface area contributed by atoms with E-state index >= 15 is 0 Å². The fourth-order valence-corrected chi connectivity index (χ4v) is 8.50. The van der Waals surface area contributed by atoms with E-state index in [2.05, 4.69) is 129 Å². The molecule has 2 aliphatic rings. The number of nitrogens with one attached hydrogen (secondary N) is 2. The number of anilines is 1. The highest BCUT2D eigenvalue weighted by Crippen LogP contribution is 2.46. The van der Waals surface area contributed by atoms with Gasteiger partial charge in [0.2, 0.25) is 0 Å². The maximum absolute atomic E-state index is 14.1. The molecule has 296 valence electrons. The van der Waals surface area contributed by atoms with E-state index in [1.54, 1.807) is 7.11 Å². The van der Waals surface area contributed by atoms with Gasteiger partial charge in [-0.25, -0.2) is 9.59 Å². The largest absolute Gasteiger partial charge is 0.497 e. The molecule has 0 aromatic heterocycles. The molecule has 5 aromatic carbocycles. The predicted octanol–water partition coefficient (Wildman–Crippen LogP) is 9.43. The SMILES string of the molecule is COc1ccc(NC(=O)N2CC[C@@H](NC(=O)OC(C)(C)C)CN3[C@H](COC(c4ccccc4)(c4ccccc4)c4ccccc4)[C@H](c4ccc(Br)cc4)[C@@H]3C2)cc1. The first-order chi connectivity index (χ1) is 27.5. The van der Waals surface area contributed by atoms with Crippen LogP contribution < -0.4 is 15.4 Å². The molecule has 0 saturated carbocycles. The highest BCUT2D eigenvalue weighted by atomic mass is 79.9. The second kappa shape index (κ2) is 17.5. The van der Waals surface area contributed by atoms with Crippen molar-refractivity contribution >= 4 is 33.7 Å². The van der Waals surface area contributed by atoms with Crippen LogP contribution >= 0.6 is 15.9 Å². The number of ether oxygens (including phenoxy) is 3. The molecule has 7 rings (SSSR count). The first kappa shape index (κ1) is 40.1. The first-order valence-electron chi connectivity index (χ1n) is 19.6. The van der Waals surface area contributed by atoms with Crippen molar-refractivity contribution in [2.24, 2.45) is 0 Å². The van der Waals surface area contributed by atoms with Gasteiger partial charge in [-0.05, 0) is 85.8 Å². The average Bonchev–Trinajstić information content (AvgIpc) is 3.20. The van der Waals surface area contributed by atoms with Crippen molar-refractivity contribution in [3.8, 4) is 5.75 Å². The van der Waals surface area contributed by atoms with E-state index in [9.17, 15) is 9.59 Å². The molecule has 10 heteroatoms. The highest BCUT2D eigenvalue weighted by Gasteiger charge is 2.52. The number of nitrogens with zero attached hydrogens (tertiary/aromatic N) is 2. The summed E-state index contributed by atoms with van der Waals surface area (Å²) in [4.78, 5) is 31.7. The molecule has 9 nitrogen and oxygen atoms in total. The molecule has 2 fully saturated rings. The van der Waals surface area contributed by atoms with Crippen molar-refractivity contribution < 1.29 is 23.8 Å². The Labute approximate surface area is 344 Å². The molecule has 2 N–H and O–H groups in total. The fraction of sp³-hybridized carbons (Fsp3) is 0.319. The van der Waals surface area contributed by atoms with Crippen LogP contribution in [0, 0.1) is 0 Å². The summed E-state index contributed by atoms with van der Waals surface area (Å²) in [6.07, 6.45) is 0.0599. The summed E-state index contributed by atoms with van der Waals surface area (Å²) >= 11 is 3.64. The van der Waals surface area contributed by atoms with E-state index in [0.717, 1.165) is 26.7 Å². The summed E-state index contributed by atoms with van der Waals surface area (Å²) in [7, 11) is 1.62. The predicted molar refractivity (Wildman–Crippen MR) is 228 cm³/mol. The zero-order valence-corrected chi connectivity index (χ0v) is 34.5. The van der Waals surface area contributed by atoms with Gasteiger partial charge in [0.15, 0.2) is 0 Å². The van der Waals surface area contributed by atoms with E-state index in [1.165, 1.54) is 0 Å². The molecule has 5 aromatic rings. The summed E-state index contributed by atoms with van der Waals surface area (Å²) in [6, 6.07) is 46.3. The summed E-state index contributed by atoms with van der Waals surface area (Å²) in [5.74, 6) is 0.719. The molecule has 2 saturated heterocycles. The lowest BCUT2D eigenvalue weighted by molar-refractivity contribution is -0.105. The molecular weight excluding hydrogens is 780 g/mol. The van der Waals surface area contributed by atoms with Crippen LogP contribution in [0.5, 0.6) is 5.75 Å². The fourth-order valence-electron chi connectivity index (χ4n) is 8.24. The molecule has 0 aliphatic carbocycles. The maximum Gasteiger partial charge on any atom is 0.407 e. The van der Waals surface area contributed by atoms with Gasteiger partial charge < -0.3 is 29.7 Å². The van der Waals surface area contributed by atoms with Crippen molar-refractivity contribution in [1.29, 1.82) is 0 Å². The highest BCUT2D eigenvalue weighted by molar-refractivity contribution is 9.10. The topological polar surface area (TPSA) is 92.4 Å².